The van der Waals surface area contributed by atoms with Crippen LogP contribution in [0.4, 0.5) is 0 Å². The van der Waals surface area contributed by atoms with Crippen LogP contribution in [-0.2, 0) is 0 Å². The minimum Gasteiger partial charge on any atom is -0.248 e. The van der Waals surface area contributed by atoms with E-state index >= 15 is 0 Å². The Labute approximate surface area is 144 Å². The highest BCUT2D eigenvalue weighted by Gasteiger charge is 2.36. The number of hydrogen-bond acceptors (Lipinski definition) is 2. The predicted molar refractivity (Wildman–Crippen MR) is 96.4 cm³/mol. The molecule has 0 aliphatic heterocycles. The summed E-state index contributed by atoms with van der Waals surface area (Å²) in [7, 11) is 0. The molecule has 0 bridgehead atoms. The maximum atomic E-state index is 6.11. The van der Waals surface area contributed by atoms with Gasteiger partial charge in [-0.05, 0) is 74.5 Å². The summed E-state index contributed by atoms with van der Waals surface area (Å²) in [6.45, 7) is 7.18. The average Bonchev–Trinajstić information content (AvgIpc) is 2.94. The summed E-state index contributed by atoms with van der Waals surface area (Å²) in [5, 5.41) is 1.27. The highest BCUT2D eigenvalue weighted by atomic mass is 35.5. The van der Waals surface area contributed by atoms with Crippen LogP contribution in [0.1, 0.15) is 76.6 Å². The number of halogens is 1. The Bertz CT molecular complexity index is 476. The van der Waals surface area contributed by atoms with E-state index in [2.05, 4.69) is 25.8 Å². The lowest BCUT2D eigenvalue weighted by atomic mass is 9.65. The molecule has 0 N–H and O–H groups in total. The summed E-state index contributed by atoms with van der Waals surface area (Å²) < 4.78 is 0.840. The summed E-state index contributed by atoms with van der Waals surface area (Å²) in [6, 6.07) is 0. The Morgan fingerprint density at radius 3 is 2.50 bits per heavy atom. The van der Waals surface area contributed by atoms with Gasteiger partial charge in [0.1, 0.15) is 4.34 Å². The molecule has 22 heavy (non-hydrogen) atoms. The van der Waals surface area contributed by atoms with Crippen molar-refractivity contribution in [3.05, 3.63) is 21.5 Å². The van der Waals surface area contributed by atoms with Crippen LogP contribution >= 0.6 is 22.9 Å². The first-order valence-electron chi connectivity index (χ1n) is 9.00. The van der Waals surface area contributed by atoms with E-state index < -0.39 is 0 Å². The van der Waals surface area contributed by atoms with Gasteiger partial charge in [-0.3, -0.25) is 0 Å². The zero-order valence-corrected chi connectivity index (χ0v) is 15.7. The third-order valence-electron chi connectivity index (χ3n) is 6.19. The highest BCUT2D eigenvalue weighted by molar-refractivity contribution is 7.15. The number of thiazole rings is 1. The fraction of sp³-hybridized carbons (Fsp3) is 0.789. The summed E-state index contributed by atoms with van der Waals surface area (Å²) >= 11 is 7.80. The third-order valence-corrected chi connectivity index (χ3v) is 7.44. The van der Waals surface area contributed by atoms with E-state index in [1.807, 2.05) is 12.1 Å². The van der Waals surface area contributed by atoms with Crippen LogP contribution in [0.25, 0.3) is 0 Å². The van der Waals surface area contributed by atoms with Gasteiger partial charge in [-0.15, -0.1) is 11.3 Å². The number of aromatic nitrogens is 1. The molecule has 2 aliphatic rings. The molecule has 2 fully saturated rings. The van der Waals surface area contributed by atoms with E-state index in [1.54, 1.807) is 11.3 Å². The van der Waals surface area contributed by atoms with Crippen molar-refractivity contribution in [1.82, 2.24) is 4.98 Å². The lowest BCUT2D eigenvalue weighted by Crippen LogP contribution is -2.28. The van der Waals surface area contributed by atoms with Crippen molar-refractivity contribution in [3.8, 4) is 0 Å². The molecule has 2 saturated carbocycles. The number of nitrogens with zero attached hydrogens (tertiary/aromatic N) is 1. The van der Waals surface area contributed by atoms with Gasteiger partial charge < -0.3 is 0 Å². The van der Waals surface area contributed by atoms with Crippen molar-refractivity contribution >= 4 is 22.9 Å². The van der Waals surface area contributed by atoms with Crippen molar-refractivity contribution in [1.29, 1.82) is 0 Å². The first kappa shape index (κ1) is 16.8. The Balaban J connectivity index is 1.61. The molecular weight excluding hydrogens is 310 g/mol. The topological polar surface area (TPSA) is 12.9 Å². The van der Waals surface area contributed by atoms with Crippen LogP contribution in [0, 0.1) is 29.6 Å². The molecular formula is C19H29ClNS. The largest absolute Gasteiger partial charge is 0.248 e. The van der Waals surface area contributed by atoms with E-state index in [-0.39, 0.29) is 0 Å². The summed E-state index contributed by atoms with van der Waals surface area (Å²) in [6.07, 6.45) is 11.5. The molecule has 0 aromatic carbocycles. The van der Waals surface area contributed by atoms with Gasteiger partial charge in [0.05, 0.1) is 11.2 Å². The lowest BCUT2D eigenvalue weighted by Gasteiger charge is -2.40. The maximum Gasteiger partial charge on any atom is 0.113 e. The summed E-state index contributed by atoms with van der Waals surface area (Å²) in [4.78, 5) is 4.58. The lowest BCUT2D eigenvalue weighted by molar-refractivity contribution is 0.204. The smallest absolute Gasteiger partial charge is 0.113 e. The second-order valence-electron chi connectivity index (χ2n) is 7.84. The van der Waals surface area contributed by atoms with Crippen molar-refractivity contribution in [2.75, 3.05) is 0 Å². The maximum absolute atomic E-state index is 6.11. The Kier molecular flexibility index (Phi) is 5.50. The zero-order valence-electron chi connectivity index (χ0n) is 14.1. The van der Waals surface area contributed by atoms with Crippen molar-refractivity contribution in [2.24, 2.45) is 23.7 Å². The minimum absolute atomic E-state index is 0.615. The molecule has 1 nitrogen and oxygen atoms in total. The van der Waals surface area contributed by atoms with Gasteiger partial charge in [-0.2, -0.15) is 0 Å². The first-order chi connectivity index (χ1) is 10.5. The standard InChI is InChI=1S/C19H29ClNS/c1-12(2)14-6-8-15(9-7-14)16-5-4-13(3)17(10-16)19-21-11-18(20)22-19/h11-15,17H,4-10H2,1-3H3. The number of hydrogen-bond donors (Lipinski definition) is 0. The predicted octanol–water partition coefficient (Wildman–Crippen LogP) is 6.74. The van der Waals surface area contributed by atoms with Gasteiger partial charge in [0.2, 0.25) is 0 Å². The molecule has 0 amide bonds. The second-order valence-corrected chi connectivity index (χ2v) is 9.54. The fourth-order valence-electron chi connectivity index (χ4n) is 4.53. The van der Waals surface area contributed by atoms with Crippen LogP contribution in [0.15, 0.2) is 6.20 Å². The molecule has 1 radical (unpaired) electrons. The Morgan fingerprint density at radius 2 is 1.91 bits per heavy atom. The highest BCUT2D eigenvalue weighted by Crippen LogP contribution is 2.49. The minimum atomic E-state index is 0.615. The molecule has 3 heteroatoms. The molecule has 1 aromatic rings. The fourth-order valence-corrected chi connectivity index (χ4v) is 5.70. The van der Waals surface area contributed by atoms with E-state index in [9.17, 15) is 0 Å². The van der Waals surface area contributed by atoms with Gasteiger partial charge in [-0.1, -0.05) is 32.4 Å². The van der Waals surface area contributed by atoms with Gasteiger partial charge >= 0.3 is 0 Å². The SMILES string of the molecule is CC(C)C1CCC([C]2CCC(C)C(c3ncc(Cl)s3)C2)CC1. The van der Waals surface area contributed by atoms with E-state index in [0.29, 0.717) is 5.92 Å². The van der Waals surface area contributed by atoms with Crippen molar-refractivity contribution < 1.29 is 0 Å². The second kappa shape index (κ2) is 7.21. The van der Waals surface area contributed by atoms with Gasteiger partial charge in [-0.25, -0.2) is 4.98 Å². The van der Waals surface area contributed by atoms with Crippen LogP contribution in [0.2, 0.25) is 4.34 Å². The third kappa shape index (κ3) is 3.70. The molecule has 0 saturated heterocycles. The molecule has 0 spiro atoms. The van der Waals surface area contributed by atoms with Crippen LogP contribution in [0.5, 0.6) is 0 Å². The van der Waals surface area contributed by atoms with Crippen molar-refractivity contribution in [3.63, 3.8) is 0 Å². The Morgan fingerprint density at radius 1 is 1.18 bits per heavy atom. The van der Waals surface area contributed by atoms with Crippen LogP contribution in [0.3, 0.4) is 0 Å². The zero-order chi connectivity index (χ0) is 15.7. The monoisotopic (exact) mass is 338 g/mol. The molecule has 1 aromatic heterocycles. The quantitative estimate of drug-likeness (QED) is 0.594. The van der Waals surface area contributed by atoms with Gasteiger partial charge in [0, 0.05) is 5.92 Å². The van der Waals surface area contributed by atoms with E-state index in [4.69, 9.17) is 11.6 Å². The molecule has 123 valence electrons. The summed E-state index contributed by atoms with van der Waals surface area (Å²) in [5.41, 5.74) is 0. The molecule has 1 heterocycles. The van der Waals surface area contributed by atoms with Crippen molar-refractivity contribution in [2.45, 2.75) is 71.6 Å². The summed E-state index contributed by atoms with van der Waals surface area (Å²) in [5.74, 6) is 5.93. The molecule has 2 unspecified atom stereocenters. The molecule has 2 aliphatic carbocycles. The molecule has 2 atom stereocenters. The van der Waals surface area contributed by atoms with Crippen LogP contribution in [-0.4, -0.2) is 4.98 Å². The van der Waals surface area contributed by atoms with E-state index in [0.717, 1.165) is 28.0 Å². The number of rotatable bonds is 3. The first-order valence-corrected chi connectivity index (χ1v) is 10.2. The normalized spacial score (nSPS) is 34.2. The van der Waals surface area contributed by atoms with E-state index in [1.165, 1.54) is 50.0 Å². The van der Waals surface area contributed by atoms with Gasteiger partial charge in [0.15, 0.2) is 0 Å². The average molecular weight is 339 g/mol. The van der Waals surface area contributed by atoms with Crippen LogP contribution < -0.4 is 0 Å². The Hall–Kier alpha value is -0.0800. The molecule has 3 rings (SSSR count). The van der Waals surface area contributed by atoms with Gasteiger partial charge in [0.25, 0.3) is 0 Å².